The largest absolute Gasteiger partial charge is 0.381 e. The highest BCUT2D eigenvalue weighted by Crippen LogP contribution is 2.29. The minimum absolute atomic E-state index is 0.392. The second-order valence-electron chi connectivity index (χ2n) is 4.34. The molecule has 88 valence electrons. The summed E-state index contributed by atoms with van der Waals surface area (Å²) in [6.45, 7) is 2.19. The number of hydrogen-bond acceptors (Lipinski definition) is 3. The molecule has 0 amide bonds. The van der Waals surface area contributed by atoms with Gasteiger partial charge in [0.15, 0.2) is 0 Å². The van der Waals surface area contributed by atoms with Gasteiger partial charge in [-0.1, -0.05) is 19.1 Å². The number of rotatable bonds is 4. The molecule has 0 spiro atoms. The smallest absolute Gasteiger partial charge is 0.0480 e. The average molecular weight is 236 g/mol. The fourth-order valence-electron chi connectivity index (χ4n) is 2.23. The molecule has 1 aromatic rings. The molecule has 2 rings (SSSR count). The van der Waals surface area contributed by atoms with Crippen molar-refractivity contribution in [2.24, 2.45) is 5.73 Å². The Morgan fingerprint density at radius 3 is 2.88 bits per heavy atom. The van der Waals surface area contributed by atoms with Crippen LogP contribution in [0, 0.1) is 0 Å². The predicted molar refractivity (Wildman–Crippen MR) is 72.1 cm³/mol. The van der Waals surface area contributed by atoms with E-state index < -0.39 is 0 Å². The lowest BCUT2D eigenvalue weighted by Gasteiger charge is -2.16. The van der Waals surface area contributed by atoms with Crippen LogP contribution in [-0.4, -0.2) is 17.8 Å². The number of thioether (sulfide) groups is 1. The van der Waals surface area contributed by atoms with Crippen molar-refractivity contribution in [3.63, 3.8) is 0 Å². The summed E-state index contributed by atoms with van der Waals surface area (Å²) < 4.78 is 0. The fraction of sp³-hybridized carbons (Fsp3) is 0.538. The highest BCUT2D eigenvalue weighted by atomic mass is 32.2. The van der Waals surface area contributed by atoms with E-state index in [-0.39, 0.29) is 0 Å². The van der Waals surface area contributed by atoms with Crippen LogP contribution in [0.25, 0.3) is 0 Å². The molecule has 0 heterocycles. The van der Waals surface area contributed by atoms with E-state index in [9.17, 15) is 0 Å². The first kappa shape index (κ1) is 11.8. The molecule has 1 fully saturated rings. The first-order valence-corrected chi connectivity index (χ1v) is 7.02. The zero-order valence-electron chi connectivity index (χ0n) is 9.78. The topological polar surface area (TPSA) is 38.0 Å². The van der Waals surface area contributed by atoms with Gasteiger partial charge in [0.05, 0.1) is 0 Å². The molecule has 0 aromatic heterocycles. The van der Waals surface area contributed by atoms with Crippen molar-refractivity contribution >= 4 is 17.4 Å². The summed E-state index contributed by atoms with van der Waals surface area (Å²) in [4.78, 5) is 1.35. The lowest BCUT2D eigenvalue weighted by Crippen LogP contribution is -2.20. The lowest BCUT2D eigenvalue weighted by atomic mass is 10.2. The molecule has 0 saturated heterocycles. The van der Waals surface area contributed by atoms with Crippen molar-refractivity contribution in [3.05, 3.63) is 24.3 Å². The number of para-hydroxylation sites is 1. The van der Waals surface area contributed by atoms with Gasteiger partial charge >= 0.3 is 0 Å². The molecule has 0 bridgehead atoms. The van der Waals surface area contributed by atoms with Crippen LogP contribution >= 0.6 is 11.8 Å². The van der Waals surface area contributed by atoms with Gasteiger partial charge in [-0.2, -0.15) is 0 Å². The van der Waals surface area contributed by atoms with Crippen molar-refractivity contribution in [2.45, 2.75) is 43.2 Å². The summed E-state index contributed by atoms with van der Waals surface area (Å²) in [5.74, 6) is 1.11. The predicted octanol–water partition coefficient (Wildman–Crippen LogP) is 3.09. The third-order valence-electron chi connectivity index (χ3n) is 3.02. The van der Waals surface area contributed by atoms with Crippen LogP contribution < -0.4 is 11.1 Å². The Morgan fingerprint density at radius 2 is 2.19 bits per heavy atom. The average Bonchev–Trinajstić information content (AvgIpc) is 2.67. The summed E-state index contributed by atoms with van der Waals surface area (Å²) in [6.07, 6.45) is 3.46. The van der Waals surface area contributed by atoms with Gasteiger partial charge in [-0.3, -0.25) is 0 Å². The summed E-state index contributed by atoms with van der Waals surface area (Å²) in [7, 11) is 0. The van der Waals surface area contributed by atoms with Gasteiger partial charge in [0, 0.05) is 22.7 Å². The maximum atomic E-state index is 5.93. The zero-order chi connectivity index (χ0) is 11.4. The maximum absolute atomic E-state index is 5.93. The molecule has 1 aromatic carbocycles. The fourth-order valence-corrected chi connectivity index (χ4v) is 3.00. The lowest BCUT2D eigenvalue weighted by molar-refractivity contribution is 0.687. The number of nitrogens with one attached hydrogen (secondary N) is 1. The molecule has 3 N–H and O–H groups in total. The van der Waals surface area contributed by atoms with Gasteiger partial charge in [-0.25, -0.2) is 0 Å². The van der Waals surface area contributed by atoms with Gasteiger partial charge in [-0.15, -0.1) is 11.8 Å². The Kier molecular flexibility index (Phi) is 4.13. The molecule has 0 radical (unpaired) electrons. The Bertz CT molecular complexity index is 340. The van der Waals surface area contributed by atoms with Gasteiger partial charge in [-0.05, 0) is 37.1 Å². The van der Waals surface area contributed by atoms with Crippen LogP contribution in [0.2, 0.25) is 0 Å². The van der Waals surface area contributed by atoms with E-state index in [0.717, 1.165) is 18.6 Å². The Labute approximate surface area is 102 Å². The Balaban J connectivity index is 2.02. The van der Waals surface area contributed by atoms with Crippen molar-refractivity contribution in [1.29, 1.82) is 0 Å². The van der Waals surface area contributed by atoms with Crippen LogP contribution in [0.3, 0.4) is 0 Å². The highest BCUT2D eigenvalue weighted by Gasteiger charge is 2.21. The van der Waals surface area contributed by atoms with E-state index in [4.69, 9.17) is 5.73 Å². The molecule has 16 heavy (non-hydrogen) atoms. The van der Waals surface area contributed by atoms with Crippen molar-refractivity contribution in [1.82, 2.24) is 0 Å². The number of benzene rings is 1. The third kappa shape index (κ3) is 2.92. The zero-order valence-corrected chi connectivity index (χ0v) is 10.6. The van der Waals surface area contributed by atoms with E-state index in [1.807, 2.05) is 11.8 Å². The molecule has 0 aliphatic heterocycles. The van der Waals surface area contributed by atoms with Crippen LogP contribution in [0.5, 0.6) is 0 Å². The quantitative estimate of drug-likeness (QED) is 0.789. The van der Waals surface area contributed by atoms with Gasteiger partial charge in [0.2, 0.25) is 0 Å². The van der Waals surface area contributed by atoms with Gasteiger partial charge in [0.1, 0.15) is 0 Å². The Hall–Kier alpha value is -0.670. The summed E-state index contributed by atoms with van der Waals surface area (Å²) >= 11 is 1.89. The van der Waals surface area contributed by atoms with E-state index in [1.165, 1.54) is 17.0 Å². The van der Waals surface area contributed by atoms with Crippen molar-refractivity contribution in [3.8, 4) is 0 Å². The SMILES string of the molecule is CCSc1ccccc1NC1CCC(N)C1. The molecular formula is C13H20N2S. The molecule has 1 saturated carbocycles. The highest BCUT2D eigenvalue weighted by molar-refractivity contribution is 7.99. The van der Waals surface area contributed by atoms with Crippen molar-refractivity contribution in [2.75, 3.05) is 11.1 Å². The monoisotopic (exact) mass is 236 g/mol. The van der Waals surface area contributed by atoms with Gasteiger partial charge in [0.25, 0.3) is 0 Å². The molecule has 2 atom stereocenters. The van der Waals surface area contributed by atoms with Gasteiger partial charge < -0.3 is 11.1 Å². The second-order valence-corrected chi connectivity index (χ2v) is 5.65. The summed E-state index contributed by atoms with van der Waals surface area (Å²) in [5, 5.41) is 3.62. The van der Waals surface area contributed by atoms with E-state index in [0.29, 0.717) is 12.1 Å². The number of hydrogen-bond donors (Lipinski definition) is 2. The summed E-state index contributed by atoms with van der Waals surface area (Å²) in [5.41, 5.74) is 7.20. The second kappa shape index (κ2) is 5.60. The van der Waals surface area contributed by atoms with E-state index in [2.05, 4.69) is 36.5 Å². The summed E-state index contributed by atoms with van der Waals surface area (Å²) in [6, 6.07) is 9.50. The van der Waals surface area contributed by atoms with Crippen LogP contribution in [0.4, 0.5) is 5.69 Å². The van der Waals surface area contributed by atoms with Crippen LogP contribution in [0.1, 0.15) is 26.2 Å². The maximum Gasteiger partial charge on any atom is 0.0480 e. The normalized spacial score (nSPS) is 24.6. The number of nitrogens with two attached hydrogens (primary N) is 1. The van der Waals surface area contributed by atoms with Crippen LogP contribution in [0.15, 0.2) is 29.2 Å². The molecule has 2 nitrogen and oxygen atoms in total. The van der Waals surface area contributed by atoms with Crippen LogP contribution in [-0.2, 0) is 0 Å². The standard InChI is InChI=1S/C13H20N2S/c1-2-16-13-6-4-3-5-12(13)15-11-8-7-10(14)9-11/h3-6,10-11,15H,2,7-9,14H2,1H3. The molecule has 2 unspecified atom stereocenters. The third-order valence-corrected chi connectivity index (χ3v) is 3.98. The Morgan fingerprint density at radius 1 is 1.38 bits per heavy atom. The van der Waals surface area contributed by atoms with Crippen molar-refractivity contribution < 1.29 is 0 Å². The molecule has 3 heteroatoms. The minimum Gasteiger partial charge on any atom is -0.381 e. The van der Waals surface area contributed by atoms with E-state index in [1.54, 1.807) is 0 Å². The first-order chi connectivity index (χ1) is 7.79. The molecular weight excluding hydrogens is 216 g/mol. The van der Waals surface area contributed by atoms with E-state index >= 15 is 0 Å². The first-order valence-electron chi connectivity index (χ1n) is 6.03. The number of anilines is 1. The minimum atomic E-state index is 0.392. The molecule has 1 aliphatic rings. The molecule has 1 aliphatic carbocycles.